The summed E-state index contributed by atoms with van der Waals surface area (Å²) in [5, 5.41) is 9.13. The van der Waals surface area contributed by atoms with E-state index in [2.05, 4.69) is 11.3 Å². The summed E-state index contributed by atoms with van der Waals surface area (Å²) >= 11 is 0. The Morgan fingerprint density at radius 1 is 1.62 bits per heavy atom. The van der Waals surface area contributed by atoms with Crippen LogP contribution in [-0.4, -0.2) is 29.6 Å². The topological polar surface area (TPSA) is 63.6 Å². The van der Waals surface area contributed by atoms with Gasteiger partial charge in [-0.1, -0.05) is 6.58 Å². The number of rotatable bonds is 6. The van der Waals surface area contributed by atoms with Gasteiger partial charge in [-0.25, -0.2) is 4.79 Å². The van der Waals surface area contributed by atoms with Gasteiger partial charge in [0, 0.05) is 6.42 Å². The Balaban J connectivity index is 3.73. The normalized spacial score (nSPS) is 11.8. The van der Waals surface area contributed by atoms with E-state index in [1.807, 2.05) is 0 Å². The highest BCUT2D eigenvalue weighted by Gasteiger charge is 2.16. The number of ketones is 1. The zero-order valence-electron chi connectivity index (χ0n) is 7.66. The predicted molar refractivity (Wildman–Crippen MR) is 47.1 cm³/mol. The van der Waals surface area contributed by atoms with Crippen molar-refractivity contribution in [1.29, 1.82) is 0 Å². The van der Waals surface area contributed by atoms with Crippen LogP contribution in [0.3, 0.4) is 0 Å². The molecule has 0 rings (SSSR count). The minimum absolute atomic E-state index is 0.0870. The predicted octanol–water partition coefficient (Wildman–Crippen LogP) is 0.446. The Labute approximate surface area is 77.2 Å². The third-order valence-corrected chi connectivity index (χ3v) is 1.45. The number of aliphatic hydroxyl groups excluding tert-OH is 1. The van der Waals surface area contributed by atoms with Crippen molar-refractivity contribution in [2.24, 2.45) is 0 Å². The standard InChI is InChI=1S/C9H14O4/c1-3-7(10)5-6-8(11)9(12)13-4-2/h3,8,11H,1,4-6H2,2H3. The molecule has 0 aliphatic rings. The van der Waals surface area contributed by atoms with E-state index in [0.29, 0.717) is 0 Å². The molecule has 0 aliphatic carbocycles. The van der Waals surface area contributed by atoms with Gasteiger partial charge in [-0.05, 0) is 19.4 Å². The van der Waals surface area contributed by atoms with Gasteiger partial charge in [-0.15, -0.1) is 0 Å². The second-order valence-corrected chi connectivity index (χ2v) is 2.48. The first kappa shape index (κ1) is 11.8. The maximum atomic E-state index is 10.8. The summed E-state index contributed by atoms with van der Waals surface area (Å²) < 4.78 is 4.54. The van der Waals surface area contributed by atoms with Gasteiger partial charge in [0.05, 0.1) is 6.61 Å². The summed E-state index contributed by atoms with van der Waals surface area (Å²) in [5.74, 6) is -0.872. The molecule has 0 saturated heterocycles. The smallest absolute Gasteiger partial charge is 0.334 e. The van der Waals surface area contributed by atoms with Crippen LogP contribution in [0.15, 0.2) is 12.7 Å². The van der Waals surface area contributed by atoms with Gasteiger partial charge in [0.2, 0.25) is 0 Å². The first-order valence-electron chi connectivity index (χ1n) is 4.11. The lowest BCUT2D eigenvalue weighted by atomic mass is 10.1. The van der Waals surface area contributed by atoms with Gasteiger partial charge in [-0.3, -0.25) is 4.79 Å². The summed E-state index contributed by atoms with van der Waals surface area (Å²) in [5.41, 5.74) is 0. The first-order chi connectivity index (χ1) is 6.11. The fourth-order valence-electron chi connectivity index (χ4n) is 0.737. The minimum Gasteiger partial charge on any atom is -0.464 e. The molecular formula is C9H14O4. The number of carbonyl (C=O) groups excluding carboxylic acids is 2. The molecule has 0 bridgehead atoms. The number of hydrogen-bond donors (Lipinski definition) is 1. The van der Waals surface area contributed by atoms with Crippen LogP contribution < -0.4 is 0 Å². The summed E-state index contributed by atoms with van der Waals surface area (Å²) in [6.45, 7) is 5.15. The Hall–Kier alpha value is -1.16. The zero-order chi connectivity index (χ0) is 10.3. The lowest BCUT2D eigenvalue weighted by Gasteiger charge is -2.07. The quantitative estimate of drug-likeness (QED) is 0.483. The van der Waals surface area contributed by atoms with Gasteiger partial charge in [0.15, 0.2) is 11.9 Å². The molecule has 0 aromatic heterocycles. The molecule has 0 aromatic rings. The van der Waals surface area contributed by atoms with Crippen LogP contribution in [0.25, 0.3) is 0 Å². The molecule has 1 unspecified atom stereocenters. The summed E-state index contributed by atoms with van der Waals surface area (Å²) in [6, 6.07) is 0. The van der Waals surface area contributed by atoms with Crippen molar-refractivity contribution in [3.8, 4) is 0 Å². The molecule has 4 nitrogen and oxygen atoms in total. The third kappa shape index (κ3) is 5.14. The monoisotopic (exact) mass is 186 g/mol. The molecule has 0 saturated carbocycles. The van der Waals surface area contributed by atoms with Crippen LogP contribution in [0.2, 0.25) is 0 Å². The molecule has 0 aliphatic heterocycles. The Bertz CT molecular complexity index is 198. The first-order valence-corrected chi connectivity index (χ1v) is 4.11. The molecule has 74 valence electrons. The highest BCUT2D eigenvalue weighted by Crippen LogP contribution is 2.00. The highest BCUT2D eigenvalue weighted by atomic mass is 16.5. The number of carbonyl (C=O) groups is 2. The summed E-state index contributed by atoms with van der Waals surface area (Å²) in [6.07, 6.45) is 0.161. The largest absolute Gasteiger partial charge is 0.464 e. The fraction of sp³-hybridized carbons (Fsp3) is 0.556. The van der Waals surface area contributed by atoms with Crippen LogP contribution in [0, 0.1) is 0 Å². The summed E-state index contributed by atoms with van der Waals surface area (Å²) in [4.78, 5) is 21.5. The molecule has 0 aromatic carbocycles. The van der Waals surface area contributed by atoms with Crippen molar-refractivity contribution in [1.82, 2.24) is 0 Å². The van der Waals surface area contributed by atoms with E-state index in [-0.39, 0.29) is 25.2 Å². The average molecular weight is 186 g/mol. The number of ether oxygens (including phenoxy) is 1. The second kappa shape index (κ2) is 6.37. The number of allylic oxidation sites excluding steroid dienone is 1. The van der Waals surface area contributed by atoms with E-state index in [0.717, 1.165) is 6.08 Å². The zero-order valence-corrected chi connectivity index (χ0v) is 7.66. The van der Waals surface area contributed by atoms with Gasteiger partial charge in [0.1, 0.15) is 0 Å². The van der Waals surface area contributed by atoms with Crippen molar-refractivity contribution < 1.29 is 19.4 Å². The molecule has 1 atom stereocenters. The molecular weight excluding hydrogens is 172 g/mol. The molecule has 0 amide bonds. The molecule has 4 heteroatoms. The highest BCUT2D eigenvalue weighted by molar-refractivity contribution is 5.89. The van der Waals surface area contributed by atoms with Crippen LogP contribution >= 0.6 is 0 Å². The van der Waals surface area contributed by atoms with E-state index >= 15 is 0 Å². The maximum absolute atomic E-state index is 10.8. The molecule has 0 fully saturated rings. The van der Waals surface area contributed by atoms with E-state index in [4.69, 9.17) is 5.11 Å². The molecule has 0 heterocycles. The fourth-order valence-corrected chi connectivity index (χ4v) is 0.737. The van der Waals surface area contributed by atoms with Crippen molar-refractivity contribution in [3.05, 3.63) is 12.7 Å². The maximum Gasteiger partial charge on any atom is 0.334 e. The van der Waals surface area contributed by atoms with E-state index in [9.17, 15) is 9.59 Å². The van der Waals surface area contributed by atoms with Crippen LogP contribution in [0.5, 0.6) is 0 Å². The lowest BCUT2D eigenvalue weighted by Crippen LogP contribution is -2.23. The van der Waals surface area contributed by atoms with Crippen LogP contribution in [-0.2, 0) is 14.3 Å². The van der Waals surface area contributed by atoms with Gasteiger partial charge in [0.25, 0.3) is 0 Å². The Kier molecular flexibility index (Phi) is 5.80. The summed E-state index contributed by atoms with van der Waals surface area (Å²) in [7, 11) is 0. The Morgan fingerprint density at radius 3 is 2.69 bits per heavy atom. The van der Waals surface area contributed by atoms with Crippen molar-refractivity contribution in [3.63, 3.8) is 0 Å². The van der Waals surface area contributed by atoms with Crippen molar-refractivity contribution in [2.75, 3.05) is 6.61 Å². The number of hydrogen-bond acceptors (Lipinski definition) is 4. The number of aliphatic hydroxyl groups is 1. The number of esters is 1. The SMILES string of the molecule is C=CC(=O)CCC(O)C(=O)OCC. The average Bonchev–Trinajstić information content (AvgIpc) is 2.13. The van der Waals surface area contributed by atoms with Crippen LogP contribution in [0.4, 0.5) is 0 Å². The van der Waals surface area contributed by atoms with E-state index in [1.165, 1.54) is 0 Å². The molecule has 1 N–H and O–H groups in total. The van der Waals surface area contributed by atoms with Crippen molar-refractivity contribution in [2.45, 2.75) is 25.9 Å². The molecule has 0 spiro atoms. The van der Waals surface area contributed by atoms with Crippen molar-refractivity contribution >= 4 is 11.8 Å². The van der Waals surface area contributed by atoms with Gasteiger partial charge >= 0.3 is 5.97 Å². The Morgan fingerprint density at radius 2 is 2.23 bits per heavy atom. The van der Waals surface area contributed by atoms with E-state index < -0.39 is 12.1 Å². The van der Waals surface area contributed by atoms with Crippen LogP contribution in [0.1, 0.15) is 19.8 Å². The second-order valence-electron chi connectivity index (χ2n) is 2.48. The third-order valence-electron chi connectivity index (χ3n) is 1.45. The lowest BCUT2D eigenvalue weighted by molar-refractivity contribution is -0.153. The van der Waals surface area contributed by atoms with Gasteiger partial charge in [-0.2, -0.15) is 0 Å². The molecule has 0 radical (unpaired) electrons. The molecule has 13 heavy (non-hydrogen) atoms. The minimum atomic E-state index is -1.20. The van der Waals surface area contributed by atoms with E-state index in [1.54, 1.807) is 6.92 Å². The van der Waals surface area contributed by atoms with Gasteiger partial charge < -0.3 is 9.84 Å².